The number of nitrogens with zero attached hydrogens (tertiary/aromatic N) is 2. The molecule has 0 aromatic heterocycles. The third-order valence-corrected chi connectivity index (χ3v) is 8.43. The fraction of sp³-hybridized carbons (Fsp3) is 0.310. The minimum Gasteiger partial charge on any atom is -0.354 e. The quantitative estimate of drug-likeness (QED) is 0.238. The van der Waals surface area contributed by atoms with Crippen LogP contribution in [-0.2, 0) is 32.6 Å². The molecule has 3 aromatic carbocycles. The largest absolute Gasteiger partial charge is 0.354 e. The molecule has 1 unspecified atom stereocenters. The van der Waals surface area contributed by atoms with E-state index in [9.17, 15) is 18.0 Å². The summed E-state index contributed by atoms with van der Waals surface area (Å²) in [5.41, 5.74) is 1.65. The second kappa shape index (κ2) is 14.7. The van der Waals surface area contributed by atoms with Gasteiger partial charge in [0.25, 0.3) is 0 Å². The minimum atomic E-state index is -3.96. The van der Waals surface area contributed by atoms with Crippen LogP contribution in [0.5, 0.6) is 0 Å². The summed E-state index contributed by atoms with van der Waals surface area (Å²) in [5, 5.41) is 3.62. The Balaban J connectivity index is 2.05. The highest BCUT2D eigenvalue weighted by molar-refractivity contribution is 7.92. The van der Waals surface area contributed by atoms with Gasteiger partial charge in [-0.1, -0.05) is 96.7 Å². The fourth-order valence-electron chi connectivity index (χ4n) is 4.13. The van der Waals surface area contributed by atoms with Crippen LogP contribution in [0.2, 0.25) is 15.1 Å². The molecule has 3 aromatic rings. The monoisotopic (exact) mass is 623 g/mol. The van der Waals surface area contributed by atoms with Crippen molar-refractivity contribution in [1.29, 1.82) is 0 Å². The molecule has 0 saturated carbocycles. The number of benzene rings is 3. The number of sulfonamides is 1. The van der Waals surface area contributed by atoms with E-state index in [1.165, 1.54) is 17.0 Å². The second-order valence-corrected chi connectivity index (χ2v) is 12.5. The SMILES string of the molecule is CCCCNC(=O)C(Cc1ccccc1)N(Cc1ccc(Cl)cc1)C(=O)CN(c1cccc(Cl)c1Cl)S(C)(=O)=O. The van der Waals surface area contributed by atoms with Crippen molar-refractivity contribution in [3.05, 3.63) is 99.0 Å². The standard InChI is InChI=1S/C29H32Cl3N3O4S/c1-3-4-17-33-29(37)26(18-21-9-6-5-7-10-21)34(19-22-13-15-23(30)16-14-22)27(36)20-35(40(2,38)39)25-12-8-11-24(31)28(25)32/h5-16,26H,3-4,17-20H2,1-2H3,(H,33,37). The Morgan fingerprint density at radius 1 is 0.900 bits per heavy atom. The van der Waals surface area contributed by atoms with E-state index in [1.54, 1.807) is 30.3 Å². The third-order valence-electron chi connectivity index (χ3n) is 6.25. The van der Waals surface area contributed by atoms with Crippen LogP contribution in [0.1, 0.15) is 30.9 Å². The van der Waals surface area contributed by atoms with E-state index in [0.717, 1.165) is 34.5 Å². The minimum absolute atomic E-state index is 0.00443. The van der Waals surface area contributed by atoms with Gasteiger partial charge in [-0.15, -0.1) is 0 Å². The Hall–Kier alpha value is -2.78. The molecule has 0 spiro atoms. The Labute approximate surface area is 251 Å². The van der Waals surface area contributed by atoms with E-state index in [1.807, 2.05) is 37.3 Å². The van der Waals surface area contributed by atoms with Crippen molar-refractivity contribution in [2.24, 2.45) is 0 Å². The molecule has 3 rings (SSSR count). The van der Waals surface area contributed by atoms with Crippen LogP contribution in [0.3, 0.4) is 0 Å². The average molecular weight is 625 g/mol. The van der Waals surface area contributed by atoms with E-state index in [2.05, 4.69) is 5.32 Å². The van der Waals surface area contributed by atoms with Gasteiger partial charge in [0.05, 0.1) is 22.0 Å². The number of carbonyl (C=O) groups is 2. The molecule has 0 saturated heterocycles. The van der Waals surface area contributed by atoms with Crippen LogP contribution < -0.4 is 9.62 Å². The van der Waals surface area contributed by atoms with Gasteiger partial charge in [-0.05, 0) is 41.8 Å². The number of hydrogen-bond acceptors (Lipinski definition) is 4. The van der Waals surface area contributed by atoms with Crippen LogP contribution in [0, 0.1) is 0 Å². The maximum atomic E-state index is 14.0. The van der Waals surface area contributed by atoms with Crippen LogP contribution in [-0.4, -0.2) is 50.5 Å². The molecular weight excluding hydrogens is 593 g/mol. The number of nitrogens with one attached hydrogen (secondary N) is 1. The zero-order valence-electron chi connectivity index (χ0n) is 22.3. The predicted molar refractivity (Wildman–Crippen MR) is 163 cm³/mol. The molecule has 0 bridgehead atoms. The molecule has 2 amide bonds. The van der Waals surface area contributed by atoms with Crippen molar-refractivity contribution in [2.45, 2.75) is 38.8 Å². The molecule has 40 heavy (non-hydrogen) atoms. The van der Waals surface area contributed by atoms with Crippen molar-refractivity contribution < 1.29 is 18.0 Å². The van der Waals surface area contributed by atoms with Crippen molar-refractivity contribution in [3.8, 4) is 0 Å². The lowest BCUT2D eigenvalue weighted by Crippen LogP contribution is -2.53. The van der Waals surface area contributed by atoms with Crippen LogP contribution >= 0.6 is 34.8 Å². The topological polar surface area (TPSA) is 86.8 Å². The lowest BCUT2D eigenvalue weighted by Gasteiger charge is -2.33. The van der Waals surface area contributed by atoms with Crippen LogP contribution in [0.15, 0.2) is 72.8 Å². The van der Waals surface area contributed by atoms with Gasteiger partial charge >= 0.3 is 0 Å². The zero-order valence-corrected chi connectivity index (χ0v) is 25.4. The number of hydrogen-bond donors (Lipinski definition) is 1. The molecule has 11 heteroatoms. The molecule has 0 fully saturated rings. The molecule has 0 aliphatic rings. The number of anilines is 1. The smallest absolute Gasteiger partial charge is 0.244 e. The van der Waals surface area contributed by atoms with Gasteiger partial charge in [0, 0.05) is 24.5 Å². The number of carbonyl (C=O) groups excluding carboxylic acids is 2. The highest BCUT2D eigenvalue weighted by atomic mass is 35.5. The molecule has 0 aliphatic heterocycles. The van der Waals surface area contributed by atoms with Crippen LogP contribution in [0.4, 0.5) is 5.69 Å². The molecule has 0 radical (unpaired) electrons. The summed E-state index contributed by atoms with van der Waals surface area (Å²) in [6.45, 7) is 1.94. The van der Waals surface area contributed by atoms with E-state index < -0.39 is 28.5 Å². The first-order valence-corrected chi connectivity index (χ1v) is 15.8. The Kier molecular flexibility index (Phi) is 11.7. The number of rotatable bonds is 13. The Morgan fingerprint density at radius 3 is 2.20 bits per heavy atom. The van der Waals surface area contributed by atoms with Crippen LogP contribution in [0.25, 0.3) is 0 Å². The number of halogens is 3. The normalized spacial score (nSPS) is 12.0. The number of amides is 2. The summed E-state index contributed by atoms with van der Waals surface area (Å²) in [5.74, 6) is -0.908. The maximum Gasteiger partial charge on any atom is 0.244 e. The number of unbranched alkanes of at least 4 members (excludes halogenated alkanes) is 1. The third kappa shape index (κ3) is 8.86. The maximum absolute atomic E-state index is 14.0. The lowest BCUT2D eigenvalue weighted by molar-refractivity contribution is -0.140. The molecule has 1 atom stereocenters. The molecule has 0 heterocycles. The summed E-state index contributed by atoms with van der Waals surface area (Å²) >= 11 is 18.6. The predicted octanol–water partition coefficient (Wildman–Crippen LogP) is 5.97. The molecule has 7 nitrogen and oxygen atoms in total. The highest BCUT2D eigenvalue weighted by Gasteiger charge is 2.33. The van der Waals surface area contributed by atoms with Gasteiger partial charge in [-0.3, -0.25) is 13.9 Å². The first-order chi connectivity index (χ1) is 19.0. The first kappa shape index (κ1) is 31.7. The van der Waals surface area contributed by atoms with Crippen molar-refractivity contribution in [1.82, 2.24) is 10.2 Å². The highest BCUT2D eigenvalue weighted by Crippen LogP contribution is 2.34. The van der Waals surface area contributed by atoms with Crippen molar-refractivity contribution in [3.63, 3.8) is 0 Å². The second-order valence-electron chi connectivity index (χ2n) is 9.34. The molecular formula is C29H32Cl3N3O4S. The van der Waals surface area contributed by atoms with E-state index >= 15 is 0 Å². The van der Waals surface area contributed by atoms with Gasteiger partial charge in [0.15, 0.2) is 0 Å². The van der Waals surface area contributed by atoms with Gasteiger partial charge in [-0.2, -0.15) is 0 Å². The van der Waals surface area contributed by atoms with Gasteiger partial charge in [0.1, 0.15) is 12.6 Å². The fourth-order valence-corrected chi connectivity index (χ4v) is 5.55. The van der Waals surface area contributed by atoms with Crippen molar-refractivity contribution >= 4 is 62.3 Å². The van der Waals surface area contributed by atoms with Gasteiger partial charge in [-0.25, -0.2) is 8.42 Å². The molecule has 0 aliphatic carbocycles. The summed E-state index contributed by atoms with van der Waals surface area (Å²) in [6.07, 6.45) is 2.89. The Morgan fingerprint density at radius 2 is 1.57 bits per heavy atom. The van der Waals surface area contributed by atoms with Crippen molar-refractivity contribution in [2.75, 3.05) is 23.7 Å². The van der Waals surface area contributed by atoms with E-state index in [4.69, 9.17) is 34.8 Å². The van der Waals surface area contributed by atoms with Gasteiger partial charge in [0.2, 0.25) is 21.8 Å². The summed E-state index contributed by atoms with van der Waals surface area (Å²) in [4.78, 5) is 29.0. The Bertz CT molecular complexity index is 1400. The van der Waals surface area contributed by atoms with Gasteiger partial charge < -0.3 is 10.2 Å². The summed E-state index contributed by atoms with van der Waals surface area (Å²) in [6, 6.07) is 19.9. The lowest BCUT2D eigenvalue weighted by atomic mass is 10.0. The van der Waals surface area contributed by atoms with E-state index in [-0.39, 0.29) is 34.6 Å². The van der Waals surface area contributed by atoms with E-state index in [0.29, 0.717) is 11.6 Å². The molecule has 1 N–H and O–H groups in total. The molecule has 214 valence electrons. The first-order valence-electron chi connectivity index (χ1n) is 12.8. The average Bonchev–Trinajstić information content (AvgIpc) is 2.92. The summed E-state index contributed by atoms with van der Waals surface area (Å²) in [7, 11) is -3.96. The zero-order chi connectivity index (χ0) is 29.3. The summed E-state index contributed by atoms with van der Waals surface area (Å²) < 4.78 is 26.7.